The van der Waals surface area contributed by atoms with E-state index in [9.17, 15) is 19.8 Å². The number of benzene rings is 2. The molecule has 0 amide bonds. The van der Waals surface area contributed by atoms with E-state index in [0.717, 1.165) is 60.8 Å². The molecule has 612 valence electrons. The van der Waals surface area contributed by atoms with Gasteiger partial charge in [0.2, 0.25) is 0 Å². The molecule has 2 aromatic carbocycles. The highest BCUT2D eigenvalue weighted by Crippen LogP contribution is 2.44. The third kappa shape index (κ3) is 51.5. The first kappa shape index (κ1) is 98.4. The first-order chi connectivity index (χ1) is 51.7. The summed E-state index contributed by atoms with van der Waals surface area (Å²) in [6.07, 6.45) is 93.1. The van der Waals surface area contributed by atoms with Crippen LogP contribution in [0, 0.1) is 11.8 Å². The van der Waals surface area contributed by atoms with Gasteiger partial charge in [-0.3, -0.25) is 9.59 Å². The summed E-state index contributed by atoms with van der Waals surface area (Å²) < 4.78 is 11.7. The molecule has 0 radical (unpaired) electrons. The molecule has 2 unspecified atom stereocenters. The Kier molecular flexibility index (Phi) is 68.2. The summed E-state index contributed by atoms with van der Waals surface area (Å²) in [5, 5.41) is 23.2. The molecule has 0 bridgehead atoms. The fraction of sp³-hybridized carbons (Fsp3) is 0.859. The highest BCUT2D eigenvalue weighted by atomic mass is 16.6. The van der Waals surface area contributed by atoms with E-state index >= 15 is 0 Å². The van der Waals surface area contributed by atoms with Gasteiger partial charge < -0.3 is 19.7 Å². The topological polar surface area (TPSA) is 93.1 Å². The lowest BCUT2D eigenvalue weighted by Gasteiger charge is -2.40. The van der Waals surface area contributed by atoms with Crippen LogP contribution in [-0.4, -0.2) is 35.4 Å². The van der Waals surface area contributed by atoms with Crippen molar-refractivity contribution in [2.24, 2.45) is 11.8 Å². The van der Waals surface area contributed by atoms with Gasteiger partial charge in [-0.15, -0.1) is 0 Å². The molecule has 0 fully saturated rings. The van der Waals surface area contributed by atoms with E-state index < -0.39 is 18.4 Å². The fourth-order valence-corrected chi connectivity index (χ4v) is 17.8. The van der Waals surface area contributed by atoms with Crippen LogP contribution in [0.15, 0.2) is 48.5 Å². The van der Waals surface area contributed by atoms with E-state index in [1.54, 1.807) is 0 Å². The Hall–Kier alpha value is -2.70. The third-order valence-electron chi connectivity index (χ3n) is 25.1. The molecule has 0 spiro atoms. The van der Waals surface area contributed by atoms with Crippen molar-refractivity contribution in [3.05, 3.63) is 70.8 Å². The van der Waals surface area contributed by atoms with Crippen LogP contribution in [0.5, 0.6) is 0 Å². The monoisotopic (exact) mass is 1470 g/mol. The van der Waals surface area contributed by atoms with E-state index in [0.29, 0.717) is 11.8 Å². The number of ether oxygens (including phenoxy) is 2. The summed E-state index contributed by atoms with van der Waals surface area (Å²) >= 11 is 0. The van der Waals surface area contributed by atoms with Gasteiger partial charge in [-0.05, 0) is 72.6 Å². The molecule has 0 heterocycles. The standard InChI is InChI=1S/C99H180O6/c1-7-13-17-21-25-29-33-37-41-45-49-53-57-61-65-69-77-92(78-70-66-62-58-54-50-46-42-38-34-30-26-22-18-14-8-2)98(11-5,88-100)94-81-73-75-90(83-94)86-104-96(102)85-97(103)105-87-91-76-74-82-95(84-91)99(12-6,89-101)93(79-71-67-63-59-55-51-47-43-39-35-31-27-23-19-15-9-3)80-72-68-64-60-56-52-48-44-40-36-32-28-24-20-16-10-4/h73-76,81-84,92-93,100-101H,7-72,77-80,85-89H2,1-6H3. The molecular formula is C99H180O6. The lowest BCUT2D eigenvalue weighted by atomic mass is 9.65. The molecule has 2 N–H and O–H groups in total. The van der Waals surface area contributed by atoms with Crippen molar-refractivity contribution in [1.82, 2.24) is 0 Å². The molecule has 2 rings (SSSR count). The van der Waals surface area contributed by atoms with Crippen LogP contribution < -0.4 is 0 Å². The average molecular weight is 1470 g/mol. The number of aliphatic hydroxyl groups is 2. The van der Waals surface area contributed by atoms with Crippen LogP contribution in [0.25, 0.3) is 0 Å². The van der Waals surface area contributed by atoms with Crippen molar-refractivity contribution in [2.45, 2.75) is 521 Å². The second-order valence-electron chi connectivity index (χ2n) is 34.0. The van der Waals surface area contributed by atoms with E-state index in [2.05, 4.69) is 77.9 Å². The second-order valence-corrected chi connectivity index (χ2v) is 34.0. The largest absolute Gasteiger partial charge is 0.460 e. The van der Waals surface area contributed by atoms with Gasteiger partial charge in [-0.2, -0.15) is 0 Å². The van der Waals surface area contributed by atoms with E-state index in [4.69, 9.17) is 9.47 Å². The predicted molar refractivity (Wildman–Crippen MR) is 459 cm³/mol. The van der Waals surface area contributed by atoms with Crippen molar-refractivity contribution < 1.29 is 29.3 Å². The minimum absolute atomic E-state index is 0.0659. The number of unbranched alkanes of at least 4 members (excludes halogenated alkanes) is 60. The summed E-state index contributed by atoms with van der Waals surface area (Å²) in [4.78, 5) is 26.9. The maximum Gasteiger partial charge on any atom is 0.317 e. The van der Waals surface area contributed by atoms with Crippen LogP contribution >= 0.6 is 0 Å². The lowest BCUT2D eigenvalue weighted by molar-refractivity contribution is -0.156. The zero-order chi connectivity index (χ0) is 75.7. The third-order valence-corrected chi connectivity index (χ3v) is 25.1. The maximum atomic E-state index is 13.5. The van der Waals surface area contributed by atoms with Gasteiger partial charge in [0, 0.05) is 10.8 Å². The normalized spacial score (nSPS) is 13.0. The number of carbonyl (C=O) groups excluding carboxylic acids is 2. The van der Waals surface area contributed by atoms with E-state index in [1.807, 2.05) is 12.1 Å². The van der Waals surface area contributed by atoms with Gasteiger partial charge in [0.1, 0.15) is 19.6 Å². The molecule has 0 saturated carbocycles. The Balaban J connectivity index is 2.04. The summed E-state index contributed by atoms with van der Waals surface area (Å²) in [5.74, 6) is -0.456. The minimum Gasteiger partial charge on any atom is -0.460 e. The minimum atomic E-state index is -0.593. The first-order valence-electron chi connectivity index (χ1n) is 47.5. The quantitative estimate of drug-likeness (QED) is 0.0389. The number of carbonyl (C=O) groups is 2. The van der Waals surface area contributed by atoms with Crippen LogP contribution in [0.4, 0.5) is 0 Å². The SMILES string of the molecule is CCCCCCCCCCCCCCCCCCC(CCCCCCCCCCCCCCCCCC)C(CC)(CO)c1cccc(COC(=O)CC(=O)OCc2cccc(C(CC)(CO)C(CCCCCCCCCCCCCCCCCC)CCCCCCCCCCCCCCCCCC)c2)c1. The van der Waals surface area contributed by atoms with Crippen LogP contribution in [0.3, 0.4) is 0 Å². The molecular weight excluding hydrogens is 1290 g/mol. The maximum absolute atomic E-state index is 13.5. The van der Waals surface area contributed by atoms with Crippen LogP contribution in [0.2, 0.25) is 0 Å². The summed E-state index contributed by atoms with van der Waals surface area (Å²) in [6, 6.07) is 16.9. The number of rotatable bonds is 82. The summed E-state index contributed by atoms with van der Waals surface area (Å²) in [5.41, 5.74) is 3.29. The molecule has 2 atom stereocenters. The highest BCUT2D eigenvalue weighted by molar-refractivity contribution is 5.91. The van der Waals surface area contributed by atoms with E-state index in [1.165, 1.54) is 411 Å². The Labute approximate surface area is 654 Å². The molecule has 0 aliphatic heterocycles. The average Bonchev–Trinajstić information content (AvgIpc) is 0.798. The smallest absolute Gasteiger partial charge is 0.317 e. The second kappa shape index (κ2) is 72.8. The van der Waals surface area contributed by atoms with Crippen molar-refractivity contribution in [3.8, 4) is 0 Å². The Morgan fingerprint density at radius 3 is 0.629 bits per heavy atom. The van der Waals surface area contributed by atoms with Crippen molar-refractivity contribution >= 4 is 11.9 Å². The van der Waals surface area contributed by atoms with Gasteiger partial charge in [0.05, 0.1) is 13.2 Å². The number of esters is 2. The summed E-state index contributed by atoms with van der Waals surface area (Å²) in [6.45, 7) is 14.1. The van der Waals surface area contributed by atoms with E-state index in [-0.39, 0.29) is 37.3 Å². The lowest BCUT2D eigenvalue weighted by Crippen LogP contribution is -2.39. The van der Waals surface area contributed by atoms with Crippen molar-refractivity contribution in [1.29, 1.82) is 0 Å². The van der Waals surface area contributed by atoms with Crippen LogP contribution in [-0.2, 0) is 43.1 Å². The highest BCUT2D eigenvalue weighted by Gasteiger charge is 2.39. The predicted octanol–water partition coefficient (Wildman–Crippen LogP) is 32.0. The van der Waals surface area contributed by atoms with Crippen molar-refractivity contribution in [3.63, 3.8) is 0 Å². The molecule has 6 heteroatoms. The van der Waals surface area contributed by atoms with Crippen molar-refractivity contribution in [2.75, 3.05) is 13.2 Å². The Morgan fingerprint density at radius 2 is 0.457 bits per heavy atom. The molecule has 6 nitrogen and oxygen atoms in total. The molecule has 0 aromatic heterocycles. The Bertz CT molecular complexity index is 1940. The fourth-order valence-electron chi connectivity index (χ4n) is 17.8. The van der Waals surface area contributed by atoms with Gasteiger partial charge in [-0.1, -0.05) is 501 Å². The van der Waals surface area contributed by atoms with Gasteiger partial charge in [0.15, 0.2) is 0 Å². The molecule has 0 saturated heterocycles. The number of hydrogen-bond donors (Lipinski definition) is 2. The number of aliphatic hydroxyl groups excluding tert-OH is 2. The molecule has 0 aliphatic rings. The zero-order valence-electron chi connectivity index (χ0n) is 71.3. The molecule has 2 aromatic rings. The van der Waals surface area contributed by atoms with Crippen LogP contribution in [0.1, 0.15) is 520 Å². The van der Waals surface area contributed by atoms with Gasteiger partial charge in [0.25, 0.3) is 0 Å². The first-order valence-corrected chi connectivity index (χ1v) is 47.5. The summed E-state index contributed by atoms with van der Waals surface area (Å²) in [7, 11) is 0. The Morgan fingerprint density at radius 1 is 0.276 bits per heavy atom. The van der Waals surface area contributed by atoms with Gasteiger partial charge in [-0.25, -0.2) is 0 Å². The number of hydrogen-bond acceptors (Lipinski definition) is 6. The molecule has 105 heavy (non-hydrogen) atoms. The molecule has 0 aliphatic carbocycles. The zero-order valence-corrected chi connectivity index (χ0v) is 71.3. The van der Waals surface area contributed by atoms with Gasteiger partial charge >= 0.3 is 11.9 Å².